The molecular formula is C26H22N2O6S. The minimum Gasteiger partial charge on any atom is -0.455 e. The van der Waals surface area contributed by atoms with Gasteiger partial charge in [-0.3, -0.25) is 14.5 Å². The predicted octanol–water partition coefficient (Wildman–Crippen LogP) is 4.18. The van der Waals surface area contributed by atoms with Crippen LogP contribution in [0.1, 0.15) is 34.6 Å². The summed E-state index contributed by atoms with van der Waals surface area (Å²) in [7, 11) is 0. The Morgan fingerprint density at radius 3 is 2.74 bits per heavy atom. The summed E-state index contributed by atoms with van der Waals surface area (Å²) in [6, 6.07) is 14.8. The second-order valence-electron chi connectivity index (χ2n) is 8.74. The van der Waals surface area contributed by atoms with Crippen molar-refractivity contribution in [1.82, 2.24) is 4.57 Å². The van der Waals surface area contributed by atoms with E-state index in [2.05, 4.69) is 0 Å². The first-order chi connectivity index (χ1) is 16.9. The molecule has 1 unspecified atom stereocenters. The van der Waals surface area contributed by atoms with Crippen molar-refractivity contribution in [2.24, 2.45) is 0 Å². The Kier molecular flexibility index (Phi) is 4.93. The van der Waals surface area contributed by atoms with E-state index >= 15 is 0 Å². The maximum atomic E-state index is 13.3. The fraction of sp³-hybridized carbons (Fsp3) is 0.269. The monoisotopic (exact) mass is 490 g/mol. The smallest absolute Gasteiger partial charge is 0.343 e. The molecule has 3 aromatic rings. The second kappa shape index (κ2) is 7.91. The molecule has 1 aromatic heterocycles. The molecule has 9 heteroatoms. The summed E-state index contributed by atoms with van der Waals surface area (Å²) in [6.45, 7) is 3.55. The number of hydrogen-bond acceptors (Lipinski definition) is 7. The lowest BCUT2D eigenvalue weighted by Crippen LogP contribution is -2.48. The van der Waals surface area contributed by atoms with E-state index in [0.29, 0.717) is 23.5 Å². The zero-order valence-electron chi connectivity index (χ0n) is 19.2. The van der Waals surface area contributed by atoms with E-state index in [0.717, 1.165) is 27.7 Å². The number of anilines is 1. The van der Waals surface area contributed by atoms with Crippen LogP contribution in [0.5, 0.6) is 11.5 Å². The van der Waals surface area contributed by atoms with Gasteiger partial charge in [0.15, 0.2) is 23.0 Å². The van der Waals surface area contributed by atoms with Gasteiger partial charge in [0.2, 0.25) is 18.5 Å². The van der Waals surface area contributed by atoms with Crippen molar-refractivity contribution in [3.63, 3.8) is 0 Å². The molecule has 1 fully saturated rings. The van der Waals surface area contributed by atoms with Crippen molar-refractivity contribution in [1.29, 1.82) is 0 Å². The topological polar surface area (TPSA) is 87.1 Å². The van der Waals surface area contributed by atoms with Crippen molar-refractivity contribution in [2.45, 2.75) is 36.5 Å². The van der Waals surface area contributed by atoms with Crippen LogP contribution < -0.4 is 14.4 Å². The normalized spacial score (nSPS) is 19.6. The Morgan fingerprint density at radius 1 is 1.09 bits per heavy atom. The third-order valence-electron chi connectivity index (χ3n) is 6.67. The Labute approximate surface area is 205 Å². The van der Waals surface area contributed by atoms with Crippen LogP contribution in [0.2, 0.25) is 0 Å². The quantitative estimate of drug-likeness (QED) is 0.392. The highest BCUT2D eigenvalue weighted by Crippen LogP contribution is 2.56. The number of Topliss-reactive ketones (excluding diaryl/α,β-unsaturated/α-hetero) is 1. The van der Waals surface area contributed by atoms with Gasteiger partial charge in [0.05, 0.1) is 5.69 Å². The highest BCUT2D eigenvalue weighted by molar-refractivity contribution is 8.02. The molecule has 8 nitrogen and oxygen atoms in total. The van der Waals surface area contributed by atoms with Gasteiger partial charge in [-0.25, -0.2) is 4.79 Å². The molecule has 6 rings (SSSR count). The van der Waals surface area contributed by atoms with Gasteiger partial charge in [0.1, 0.15) is 0 Å². The summed E-state index contributed by atoms with van der Waals surface area (Å²) >= 11 is 1.32. The Balaban J connectivity index is 1.22. The minimum atomic E-state index is -1.15. The molecule has 35 heavy (non-hydrogen) atoms. The highest BCUT2D eigenvalue weighted by atomic mass is 32.2. The molecule has 3 aliphatic heterocycles. The number of rotatable bonds is 5. The van der Waals surface area contributed by atoms with Crippen molar-refractivity contribution in [3.8, 4) is 17.2 Å². The lowest BCUT2D eigenvalue weighted by Gasteiger charge is -2.28. The number of aromatic nitrogens is 1. The van der Waals surface area contributed by atoms with Gasteiger partial charge in [-0.05, 0) is 44.2 Å². The number of amides is 1. The molecule has 1 amide bonds. The lowest BCUT2D eigenvalue weighted by atomic mass is 10.1. The lowest BCUT2D eigenvalue weighted by molar-refractivity contribution is -0.145. The van der Waals surface area contributed by atoms with Gasteiger partial charge in [-0.2, -0.15) is 0 Å². The third-order valence-corrected chi connectivity index (χ3v) is 8.13. The molecule has 0 bridgehead atoms. The number of nitrogens with zero attached hydrogens (tertiary/aromatic N) is 2. The SMILES string of the molecule is Cc1cc(C(=O)COC(=O)C23CCC(=O)N2c2ccccc2S3)c(C)n1-c1ccc2c(c1)OCO2. The molecule has 178 valence electrons. The first-order valence-corrected chi connectivity index (χ1v) is 12.1. The molecular weight excluding hydrogens is 468 g/mol. The van der Waals surface area contributed by atoms with E-state index in [1.165, 1.54) is 16.7 Å². The van der Waals surface area contributed by atoms with Crippen LogP contribution >= 0.6 is 11.8 Å². The maximum Gasteiger partial charge on any atom is 0.343 e. The number of hydrogen-bond donors (Lipinski definition) is 0. The highest BCUT2D eigenvalue weighted by Gasteiger charge is 2.58. The molecule has 0 saturated carbocycles. The number of carbonyl (C=O) groups is 3. The van der Waals surface area contributed by atoms with Gasteiger partial charge in [0.25, 0.3) is 0 Å². The summed E-state index contributed by atoms with van der Waals surface area (Å²) in [6.07, 6.45) is 0.609. The van der Waals surface area contributed by atoms with E-state index in [1.54, 1.807) is 6.07 Å². The summed E-state index contributed by atoms with van der Waals surface area (Å²) in [5.74, 6) is 0.360. The molecule has 3 aliphatic rings. The number of aryl methyl sites for hydroxylation is 1. The fourth-order valence-electron chi connectivity index (χ4n) is 5.06. The number of para-hydroxylation sites is 1. The molecule has 1 saturated heterocycles. The van der Waals surface area contributed by atoms with Crippen LogP contribution in [0.4, 0.5) is 5.69 Å². The molecule has 0 spiro atoms. The maximum absolute atomic E-state index is 13.3. The van der Waals surface area contributed by atoms with Crippen molar-refractivity contribution < 1.29 is 28.6 Å². The molecule has 0 N–H and O–H groups in total. The van der Waals surface area contributed by atoms with E-state index in [4.69, 9.17) is 14.2 Å². The van der Waals surface area contributed by atoms with Gasteiger partial charge < -0.3 is 18.8 Å². The van der Waals surface area contributed by atoms with Gasteiger partial charge in [0, 0.05) is 46.4 Å². The first kappa shape index (κ1) is 21.8. The Morgan fingerprint density at radius 2 is 1.89 bits per heavy atom. The first-order valence-electron chi connectivity index (χ1n) is 11.3. The van der Waals surface area contributed by atoms with Crippen LogP contribution in [-0.4, -0.2) is 40.5 Å². The molecule has 4 heterocycles. The number of ether oxygens (including phenoxy) is 3. The van der Waals surface area contributed by atoms with Crippen LogP contribution in [0.3, 0.4) is 0 Å². The van der Waals surface area contributed by atoms with Crippen LogP contribution in [0.25, 0.3) is 5.69 Å². The number of carbonyl (C=O) groups excluding carboxylic acids is 3. The van der Waals surface area contributed by atoms with Gasteiger partial charge in [-0.1, -0.05) is 23.9 Å². The largest absolute Gasteiger partial charge is 0.455 e. The van der Waals surface area contributed by atoms with Crippen molar-refractivity contribution in [2.75, 3.05) is 18.3 Å². The fourth-order valence-corrected chi connectivity index (χ4v) is 6.47. The zero-order valence-corrected chi connectivity index (χ0v) is 20.0. The van der Waals surface area contributed by atoms with Crippen LogP contribution in [0, 0.1) is 13.8 Å². The number of fused-ring (bicyclic) bond motifs is 4. The number of benzene rings is 2. The molecule has 0 aliphatic carbocycles. The summed E-state index contributed by atoms with van der Waals surface area (Å²) < 4.78 is 18.4. The number of ketones is 1. The standard InChI is InChI=1S/C26H22N2O6S/c1-15-11-18(16(2)27(15)17-7-8-21-22(12-17)34-14-33-21)20(29)13-32-25(31)26-10-9-24(30)28(26)19-5-3-4-6-23(19)35-26/h3-8,11-12H,9-10,13-14H2,1-2H3. The van der Waals surface area contributed by atoms with E-state index in [-0.39, 0.29) is 24.9 Å². The molecule has 2 aromatic carbocycles. The Hall–Kier alpha value is -3.72. The predicted molar refractivity (Wildman–Crippen MR) is 128 cm³/mol. The van der Waals surface area contributed by atoms with E-state index in [9.17, 15) is 14.4 Å². The summed E-state index contributed by atoms with van der Waals surface area (Å²) in [4.78, 5) is 40.2. The third kappa shape index (κ3) is 3.25. The average molecular weight is 491 g/mol. The van der Waals surface area contributed by atoms with Crippen molar-refractivity contribution in [3.05, 3.63) is 65.5 Å². The van der Waals surface area contributed by atoms with Crippen LogP contribution in [0.15, 0.2) is 53.4 Å². The second-order valence-corrected chi connectivity index (χ2v) is 10.1. The zero-order chi connectivity index (χ0) is 24.3. The summed E-state index contributed by atoms with van der Waals surface area (Å²) in [5.41, 5.74) is 3.65. The average Bonchev–Trinajstić information content (AvgIpc) is 3.59. The minimum absolute atomic E-state index is 0.113. The van der Waals surface area contributed by atoms with Crippen LogP contribution in [-0.2, 0) is 14.3 Å². The van der Waals surface area contributed by atoms with Gasteiger partial charge in [-0.15, -0.1) is 0 Å². The molecule has 1 atom stereocenters. The van der Waals surface area contributed by atoms with E-state index < -0.39 is 17.4 Å². The van der Waals surface area contributed by atoms with E-state index in [1.807, 2.05) is 60.9 Å². The summed E-state index contributed by atoms with van der Waals surface area (Å²) in [5, 5.41) is 0. The molecule has 0 radical (unpaired) electrons. The Bertz CT molecular complexity index is 1410. The van der Waals surface area contributed by atoms with Gasteiger partial charge >= 0.3 is 5.97 Å². The number of esters is 1. The number of thioether (sulfide) groups is 1. The van der Waals surface area contributed by atoms with Crippen molar-refractivity contribution >= 4 is 35.1 Å².